The Morgan fingerprint density at radius 1 is 1.23 bits per heavy atom. The summed E-state index contributed by atoms with van der Waals surface area (Å²) in [7, 11) is -2.72. The molecule has 2 unspecified atom stereocenters. The van der Waals surface area contributed by atoms with Crippen LogP contribution in [0, 0.1) is 0 Å². The Balaban J connectivity index is 1.26. The van der Waals surface area contributed by atoms with Crippen molar-refractivity contribution in [2.45, 2.75) is 42.6 Å². The fourth-order valence-electron chi connectivity index (χ4n) is 5.13. The standard InChI is InChI=1S/C25H28N10O5S3/c1-13-7-17-19(11-27-13)42-23(28-17)24(36)35-6-5-34(12-16(35)10-20-30-32-33-31-20)43(38,39)21-9-15-8-14(3-4-18(15)41-21)22(26)29-25(37)40-2/h3-4,8-9,13,16,27H,5-7,10-12H2,1-2H3,(H2,26,29,37)(H,30,31,32,33). The molecule has 226 valence electrons. The van der Waals surface area contributed by atoms with Gasteiger partial charge in [-0.05, 0) is 36.6 Å². The van der Waals surface area contributed by atoms with Crippen molar-refractivity contribution in [3.8, 4) is 0 Å². The number of benzene rings is 1. The number of sulfonamides is 1. The van der Waals surface area contributed by atoms with Crippen LogP contribution in [0.15, 0.2) is 33.5 Å². The molecule has 2 aliphatic heterocycles. The van der Waals surface area contributed by atoms with Crippen molar-refractivity contribution in [2.75, 3.05) is 26.7 Å². The van der Waals surface area contributed by atoms with Crippen molar-refractivity contribution in [3.63, 3.8) is 0 Å². The van der Waals surface area contributed by atoms with Gasteiger partial charge in [0.15, 0.2) is 10.8 Å². The summed E-state index contributed by atoms with van der Waals surface area (Å²) >= 11 is 2.50. The van der Waals surface area contributed by atoms with Crippen molar-refractivity contribution in [3.05, 3.63) is 51.2 Å². The Labute approximate surface area is 254 Å². The number of rotatable bonds is 6. The minimum Gasteiger partial charge on any atom is -0.451 e. The second-order valence-electron chi connectivity index (χ2n) is 10.2. The van der Waals surface area contributed by atoms with E-state index in [2.05, 4.69) is 47.6 Å². The molecular weight excluding hydrogens is 617 g/mol. The van der Waals surface area contributed by atoms with Gasteiger partial charge in [0.05, 0.1) is 18.8 Å². The van der Waals surface area contributed by atoms with Gasteiger partial charge in [0, 0.05) is 60.2 Å². The molecule has 4 aromatic rings. The quantitative estimate of drug-likeness (QED) is 0.201. The topological polar surface area (TPSA) is 202 Å². The molecule has 2 atom stereocenters. The third kappa shape index (κ3) is 5.87. The van der Waals surface area contributed by atoms with Gasteiger partial charge in [0.2, 0.25) is 0 Å². The number of nitrogens with zero attached hydrogens (tertiary/aromatic N) is 7. The lowest BCUT2D eigenvalue weighted by Crippen LogP contribution is -2.57. The van der Waals surface area contributed by atoms with E-state index >= 15 is 0 Å². The highest BCUT2D eigenvalue weighted by Crippen LogP contribution is 2.33. The number of aromatic amines is 1. The Hall–Kier alpha value is -3.84. The lowest BCUT2D eigenvalue weighted by atomic mass is 10.1. The van der Waals surface area contributed by atoms with Gasteiger partial charge in [0.25, 0.3) is 15.9 Å². The summed E-state index contributed by atoms with van der Waals surface area (Å²) in [6, 6.07) is 6.38. The van der Waals surface area contributed by atoms with Crippen LogP contribution >= 0.6 is 22.7 Å². The lowest BCUT2D eigenvalue weighted by Gasteiger charge is -2.39. The highest BCUT2D eigenvalue weighted by Gasteiger charge is 2.39. The minimum atomic E-state index is -3.92. The zero-order valence-corrected chi connectivity index (χ0v) is 25.6. The van der Waals surface area contributed by atoms with Gasteiger partial charge in [-0.2, -0.15) is 14.5 Å². The Morgan fingerprint density at radius 2 is 2.07 bits per heavy atom. The number of aromatic nitrogens is 5. The van der Waals surface area contributed by atoms with Crippen LogP contribution in [0.3, 0.4) is 0 Å². The van der Waals surface area contributed by atoms with E-state index in [0.29, 0.717) is 28.3 Å². The lowest BCUT2D eigenvalue weighted by molar-refractivity contribution is 0.0561. The van der Waals surface area contributed by atoms with Crippen molar-refractivity contribution in [2.24, 2.45) is 10.7 Å². The number of amidine groups is 1. The third-order valence-electron chi connectivity index (χ3n) is 7.36. The maximum atomic E-state index is 13.9. The number of nitrogens with two attached hydrogens (primary N) is 1. The number of fused-ring (bicyclic) bond motifs is 2. The monoisotopic (exact) mass is 644 g/mol. The number of hydrogen-bond donors (Lipinski definition) is 3. The maximum absolute atomic E-state index is 13.9. The van der Waals surface area contributed by atoms with Gasteiger partial charge >= 0.3 is 6.09 Å². The molecule has 1 aromatic carbocycles. The molecule has 6 rings (SSSR count). The molecule has 1 fully saturated rings. The third-order valence-corrected chi connectivity index (χ3v) is 11.9. The van der Waals surface area contributed by atoms with Crippen LogP contribution in [0.1, 0.15) is 38.7 Å². The van der Waals surface area contributed by atoms with Crippen LogP contribution in [0.4, 0.5) is 4.79 Å². The van der Waals surface area contributed by atoms with Crippen LogP contribution in [-0.4, -0.2) is 99.9 Å². The molecule has 2 aliphatic rings. The molecule has 0 aliphatic carbocycles. The second-order valence-corrected chi connectivity index (χ2v) is 14.5. The average Bonchev–Trinajstić information content (AvgIpc) is 3.76. The van der Waals surface area contributed by atoms with Crippen LogP contribution in [-0.2, 0) is 34.1 Å². The first kappa shape index (κ1) is 29.2. The summed E-state index contributed by atoms with van der Waals surface area (Å²) in [6.07, 6.45) is 0.130. The van der Waals surface area contributed by atoms with E-state index in [9.17, 15) is 18.0 Å². The number of tetrazole rings is 1. The molecule has 18 heteroatoms. The van der Waals surface area contributed by atoms with E-state index in [0.717, 1.165) is 33.0 Å². The molecule has 3 aromatic heterocycles. The highest BCUT2D eigenvalue weighted by molar-refractivity contribution is 7.91. The number of ether oxygens (including phenoxy) is 1. The second kappa shape index (κ2) is 11.7. The van der Waals surface area contributed by atoms with Crippen molar-refractivity contribution in [1.82, 2.24) is 40.1 Å². The normalized spacial score (nSPS) is 19.9. The SMILES string of the molecule is COC(=O)N=C(N)c1ccc2sc(S(=O)(=O)N3CCN(C(=O)c4nc5c(s4)CNC(C)C5)C(Cc4nn[nH]n4)C3)cc2c1. The fraction of sp³-hybridized carbons (Fsp3) is 0.400. The van der Waals surface area contributed by atoms with Crippen LogP contribution in [0.5, 0.6) is 0 Å². The number of H-pyrrole nitrogens is 1. The summed E-state index contributed by atoms with van der Waals surface area (Å²) in [5.74, 6) is 0.0959. The van der Waals surface area contributed by atoms with Gasteiger partial charge in [-0.3, -0.25) is 4.79 Å². The van der Waals surface area contributed by atoms with Gasteiger partial charge in [0.1, 0.15) is 10.0 Å². The van der Waals surface area contributed by atoms with Crippen molar-refractivity contribution >= 4 is 60.6 Å². The number of hydrogen-bond acceptors (Lipinski definition) is 12. The summed E-state index contributed by atoms with van der Waals surface area (Å²) in [5, 5.41) is 18.5. The van der Waals surface area contributed by atoms with E-state index in [-0.39, 0.29) is 48.0 Å². The number of thiophene rings is 1. The van der Waals surface area contributed by atoms with Crippen LogP contribution in [0.2, 0.25) is 0 Å². The predicted molar refractivity (Wildman–Crippen MR) is 159 cm³/mol. The van der Waals surface area contributed by atoms with Crippen molar-refractivity contribution in [1.29, 1.82) is 0 Å². The first-order valence-electron chi connectivity index (χ1n) is 13.3. The largest absolute Gasteiger partial charge is 0.451 e. The molecule has 1 saturated heterocycles. The molecular formula is C25H28N10O5S3. The van der Waals surface area contributed by atoms with Gasteiger partial charge in [-0.25, -0.2) is 18.2 Å². The number of carbonyl (C=O) groups is 2. The number of methoxy groups -OCH3 is 1. The summed E-state index contributed by atoms with van der Waals surface area (Å²) < 4.78 is 34.5. The number of carbonyl (C=O) groups excluding carboxylic acids is 2. The minimum absolute atomic E-state index is 0.0405. The van der Waals surface area contributed by atoms with Gasteiger partial charge < -0.3 is 20.7 Å². The first-order chi connectivity index (χ1) is 20.6. The van der Waals surface area contributed by atoms with E-state index in [1.54, 1.807) is 29.2 Å². The van der Waals surface area contributed by atoms with Crippen LogP contribution in [0.25, 0.3) is 10.1 Å². The summed E-state index contributed by atoms with van der Waals surface area (Å²) in [6.45, 7) is 3.08. The van der Waals surface area contributed by atoms with E-state index in [1.165, 1.54) is 22.8 Å². The number of aliphatic imine (C=N–C) groups is 1. The van der Waals surface area contributed by atoms with Crippen molar-refractivity contribution < 1.29 is 22.7 Å². The summed E-state index contributed by atoms with van der Waals surface area (Å²) in [4.78, 5) is 36.2. The maximum Gasteiger partial charge on any atom is 0.435 e. The zero-order valence-electron chi connectivity index (χ0n) is 23.2. The van der Waals surface area contributed by atoms with Gasteiger partial charge in [-0.15, -0.1) is 32.9 Å². The predicted octanol–water partition coefficient (Wildman–Crippen LogP) is 1.13. The number of thiazole rings is 1. The number of piperazine rings is 1. The molecule has 0 saturated carbocycles. The number of amides is 2. The first-order valence-corrected chi connectivity index (χ1v) is 16.4. The molecule has 0 bridgehead atoms. The molecule has 2 amide bonds. The molecule has 5 heterocycles. The molecule has 15 nitrogen and oxygen atoms in total. The number of nitrogens with one attached hydrogen (secondary N) is 2. The summed E-state index contributed by atoms with van der Waals surface area (Å²) in [5.41, 5.74) is 7.32. The fourth-order valence-corrected chi connectivity index (χ4v) is 9.13. The average molecular weight is 645 g/mol. The van der Waals surface area contributed by atoms with Crippen LogP contribution < -0.4 is 11.1 Å². The van der Waals surface area contributed by atoms with Gasteiger partial charge in [-0.1, -0.05) is 5.21 Å². The molecule has 0 spiro atoms. The Morgan fingerprint density at radius 3 is 2.84 bits per heavy atom. The zero-order chi connectivity index (χ0) is 30.3. The highest BCUT2D eigenvalue weighted by atomic mass is 32.2. The van der Waals surface area contributed by atoms with E-state index in [4.69, 9.17) is 5.73 Å². The Bertz CT molecular complexity index is 1820. The molecule has 43 heavy (non-hydrogen) atoms. The van der Waals surface area contributed by atoms with E-state index in [1.807, 2.05) is 0 Å². The Kier molecular flexibility index (Phi) is 7.94. The van der Waals surface area contributed by atoms with E-state index < -0.39 is 22.2 Å². The molecule has 4 N–H and O–H groups in total. The molecule has 0 radical (unpaired) electrons. The smallest absolute Gasteiger partial charge is 0.435 e.